The second-order valence-electron chi connectivity index (χ2n) is 8.36. The van der Waals surface area contributed by atoms with Crippen LogP contribution >= 0.6 is 11.6 Å². The first-order valence-corrected chi connectivity index (χ1v) is 10.9. The second-order valence-corrected chi connectivity index (χ2v) is 8.76. The zero-order valence-electron chi connectivity index (χ0n) is 17.3. The summed E-state index contributed by atoms with van der Waals surface area (Å²) >= 11 is 6.14. The Morgan fingerprint density at radius 1 is 1.17 bits per heavy atom. The fraction of sp³-hybridized carbons (Fsp3) is 0.458. The molecule has 0 N–H and O–H groups in total. The third kappa shape index (κ3) is 4.28. The number of nitrogens with zero attached hydrogens (tertiary/aromatic N) is 1. The van der Waals surface area contributed by atoms with Crippen molar-refractivity contribution >= 4 is 23.2 Å². The summed E-state index contributed by atoms with van der Waals surface area (Å²) in [5.74, 6) is 0.653. The minimum atomic E-state index is -0.665. The number of carbonyl (C=O) groups is 2. The van der Waals surface area contributed by atoms with Crippen LogP contribution in [0.1, 0.15) is 48.3 Å². The molecule has 2 heterocycles. The van der Waals surface area contributed by atoms with E-state index in [4.69, 9.17) is 21.1 Å². The van der Waals surface area contributed by atoms with E-state index in [1.54, 1.807) is 18.3 Å². The number of rotatable bonds is 5. The number of carbonyl (C=O) groups excluding carboxylic acids is 2. The van der Waals surface area contributed by atoms with Crippen LogP contribution in [0, 0.1) is 25.7 Å². The SMILES string of the molecule is Cc1cc(Oc2ncccc2Cl)cc(C)c1C1C(=O)CC(CC2CCOCC2)C1=O. The van der Waals surface area contributed by atoms with E-state index in [1.807, 2.05) is 26.0 Å². The molecule has 2 aromatic rings. The Hall–Kier alpha value is -2.24. The van der Waals surface area contributed by atoms with Gasteiger partial charge in [0, 0.05) is 31.7 Å². The quantitative estimate of drug-likeness (QED) is 0.613. The van der Waals surface area contributed by atoms with Crippen molar-refractivity contribution in [2.45, 2.75) is 45.4 Å². The van der Waals surface area contributed by atoms with E-state index in [-0.39, 0.29) is 17.5 Å². The lowest BCUT2D eigenvalue weighted by Crippen LogP contribution is -2.22. The number of aromatic nitrogens is 1. The Kier molecular flexibility index (Phi) is 6.21. The molecule has 6 heteroatoms. The molecule has 30 heavy (non-hydrogen) atoms. The summed E-state index contributed by atoms with van der Waals surface area (Å²) in [4.78, 5) is 30.2. The molecular weight excluding hydrogens is 402 g/mol. The van der Waals surface area contributed by atoms with E-state index >= 15 is 0 Å². The van der Waals surface area contributed by atoms with Gasteiger partial charge in [-0.25, -0.2) is 4.98 Å². The van der Waals surface area contributed by atoms with Crippen LogP contribution in [0.2, 0.25) is 5.02 Å². The maximum absolute atomic E-state index is 13.2. The highest BCUT2D eigenvalue weighted by Gasteiger charge is 2.43. The van der Waals surface area contributed by atoms with Crippen molar-refractivity contribution in [3.63, 3.8) is 0 Å². The van der Waals surface area contributed by atoms with Gasteiger partial charge in [0.1, 0.15) is 22.5 Å². The maximum Gasteiger partial charge on any atom is 0.238 e. The van der Waals surface area contributed by atoms with Crippen LogP contribution in [0.4, 0.5) is 0 Å². The van der Waals surface area contributed by atoms with E-state index in [2.05, 4.69) is 4.98 Å². The van der Waals surface area contributed by atoms with Crippen molar-refractivity contribution in [2.75, 3.05) is 13.2 Å². The summed E-state index contributed by atoms with van der Waals surface area (Å²) in [5, 5.41) is 0.425. The largest absolute Gasteiger partial charge is 0.438 e. The number of ketones is 2. The first-order chi connectivity index (χ1) is 14.4. The molecule has 1 saturated carbocycles. The minimum absolute atomic E-state index is 0.0321. The van der Waals surface area contributed by atoms with Crippen molar-refractivity contribution in [1.82, 2.24) is 4.98 Å². The summed E-state index contributed by atoms with van der Waals surface area (Å²) in [6.07, 6.45) is 4.71. The van der Waals surface area contributed by atoms with Crippen LogP contribution in [-0.4, -0.2) is 29.8 Å². The predicted molar refractivity (Wildman–Crippen MR) is 114 cm³/mol. The normalized spacial score (nSPS) is 22.5. The molecule has 4 rings (SSSR count). The molecule has 1 aromatic heterocycles. The van der Waals surface area contributed by atoms with E-state index in [9.17, 15) is 9.59 Å². The van der Waals surface area contributed by atoms with Crippen molar-refractivity contribution in [1.29, 1.82) is 0 Å². The highest BCUT2D eigenvalue weighted by atomic mass is 35.5. The van der Waals surface area contributed by atoms with Crippen molar-refractivity contribution in [2.24, 2.45) is 11.8 Å². The monoisotopic (exact) mass is 427 g/mol. The highest BCUT2D eigenvalue weighted by molar-refractivity contribution is 6.31. The molecule has 2 unspecified atom stereocenters. The van der Waals surface area contributed by atoms with Crippen molar-refractivity contribution < 1.29 is 19.1 Å². The van der Waals surface area contributed by atoms with Crippen LogP contribution in [0.5, 0.6) is 11.6 Å². The number of benzene rings is 1. The summed E-state index contributed by atoms with van der Waals surface area (Å²) in [6, 6.07) is 7.15. The molecule has 1 aliphatic heterocycles. The summed E-state index contributed by atoms with van der Waals surface area (Å²) in [5.41, 5.74) is 2.56. The van der Waals surface area contributed by atoms with Crippen LogP contribution in [-0.2, 0) is 14.3 Å². The number of hydrogen-bond donors (Lipinski definition) is 0. The lowest BCUT2D eigenvalue weighted by Gasteiger charge is -2.24. The average Bonchev–Trinajstić information content (AvgIpc) is 2.98. The Morgan fingerprint density at radius 3 is 2.53 bits per heavy atom. The fourth-order valence-electron chi connectivity index (χ4n) is 4.75. The Labute approximate surface area is 181 Å². The Bertz CT molecular complexity index is 944. The Morgan fingerprint density at radius 2 is 1.87 bits per heavy atom. The zero-order valence-corrected chi connectivity index (χ0v) is 18.1. The van der Waals surface area contributed by atoms with Gasteiger partial charge in [-0.3, -0.25) is 9.59 Å². The Balaban J connectivity index is 1.55. The highest BCUT2D eigenvalue weighted by Crippen LogP contribution is 2.41. The lowest BCUT2D eigenvalue weighted by molar-refractivity contribution is -0.125. The summed E-state index contributed by atoms with van der Waals surface area (Å²) in [6.45, 7) is 5.34. The van der Waals surface area contributed by atoms with Crippen LogP contribution in [0.3, 0.4) is 0 Å². The predicted octanol–water partition coefficient (Wildman–Crippen LogP) is 5.20. The molecule has 5 nitrogen and oxygen atoms in total. The molecular formula is C24H26ClNO4. The van der Waals surface area contributed by atoms with E-state index < -0.39 is 5.92 Å². The van der Waals surface area contributed by atoms with Gasteiger partial charge in [-0.05, 0) is 80.0 Å². The van der Waals surface area contributed by atoms with E-state index in [1.165, 1.54) is 0 Å². The number of Topliss-reactive ketones (excluding diaryl/α,β-unsaturated/α-hetero) is 2. The van der Waals surface area contributed by atoms with Gasteiger partial charge in [0.25, 0.3) is 0 Å². The minimum Gasteiger partial charge on any atom is -0.438 e. The molecule has 1 aromatic carbocycles. The smallest absolute Gasteiger partial charge is 0.238 e. The van der Waals surface area contributed by atoms with Gasteiger partial charge < -0.3 is 9.47 Å². The molecule has 2 fully saturated rings. The average molecular weight is 428 g/mol. The molecule has 0 radical (unpaired) electrons. The molecule has 0 bridgehead atoms. The van der Waals surface area contributed by atoms with Crippen LogP contribution < -0.4 is 4.74 Å². The van der Waals surface area contributed by atoms with Gasteiger partial charge in [0.05, 0.1) is 0 Å². The molecule has 2 aliphatic rings. The van der Waals surface area contributed by atoms with E-state index in [0.29, 0.717) is 29.0 Å². The molecule has 0 amide bonds. The van der Waals surface area contributed by atoms with Crippen molar-refractivity contribution in [3.05, 3.63) is 52.2 Å². The lowest BCUT2D eigenvalue weighted by atomic mass is 9.84. The molecule has 2 atom stereocenters. The topological polar surface area (TPSA) is 65.5 Å². The van der Waals surface area contributed by atoms with Crippen LogP contribution in [0.25, 0.3) is 0 Å². The molecule has 1 saturated heterocycles. The second kappa shape index (κ2) is 8.86. The van der Waals surface area contributed by atoms with Gasteiger partial charge in [0.15, 0.2) is 5.78 Å². The molecule has 1 aliphatic carbocycles. The van der Waals surface area contributed by atoms with Gasteiger partial charge in [-0.15, -0.1) is 0 Å². The molecule has 0 spiro atoms. The number of pyridine rings is 1. The third-order valence-electron chi connectivity index (χ3n) is 6.21. The van der Waals surface area contributed by atoms with Crippen LogP contribution in [0.15, 0.2) is 30.5 Å². The fourth-order valence-corrected chi connectivity index (χ4v) is 4.91. The maximum atomic E-state index is 13.2. The number of halogens is 1. The number of hydrogen-bond acceptors (Lipinski definition) is 5. The summed E-state index contributed by atoms with van der Waals surface area (Å²) in [7, 11) is 0. The van der Waals surface area contributed by atoms with Gasteiger partial charge in [0.2, 0.25) is 5.88 Å². The van der Waals surface area contributed by atoms with Gasteiger partial charge in [-0.2, -0.15) is 0 Å². The number of aryl methyl sites for hydroxylation is 2. The zero-order chi connectivity index (χ0) is 21.3. The first-order valence-electron chi connectivity index (χ1n) is 10.5. The van der Waals surface area contributed by atoms with Crippen molar-refractivity contribution in [3.8, 4) is 11.6 Å². The van der Waals surface area contributed by atoms with Gasteiger partial charge in [-0.1, -0.05) is 11.6 Å². The third-order valence-corrected chi connectivity index (χ3v) is 6.50. The summed E-state index contributed by atoms with van der Waals surface area (Å²) < 4.78 is 11.3. The van der Waals surface area contributed by atoms with Gasteiger partial charge >= 0.3 is 0 Å². The standard InChI is InChI=1S/C24H26ClNO4/c1-14-10-18(30-24-19(25)4-3-7-26-24)11-15(2)21(14)22-20(27)13-17(23(22)28)12-16-5-8-29-9-6-16/h3-4,7,10-11,16-17,22H,5-6,8-9,12-13H2,1-2H3. The molecule has 158 valence electrons. The first kappa shape index (κ1) is 21.0. The van der Waals surface area contributed by atoms with E-state index in [0.717, 1.165) is 49.2 Å². The number of ether oxygens (including phenoxy) is 2.